The first-order chi connectivity index (χ1) is 11.5. The molecule has 4 rings (SSSR count). The second kappa shape index (κ2) is 6.01. The third-order valence-electron chi connectivity index (χ3n) is 4.72. The molecule has 3 heterocycles. The molecule has 1 aliphatic heterocycles. The van der Waals surface area contributed by atoms with E-state index in [1.54, 1.807) is 0 Å². The minimum atomic E-state index is 0.125. The Hall–Kier alpha value is -1.65. The molecule has 1 atom stereocenters. The molecular formula is C19H19ClN2OS. The molecule has 3 nitrogen and oxygen atoms in total. The summed E-state index contributed by atoms with van der Waals surface area (Å²) in [5.41, 5.74) is 2.06. The molecule has 0 aliphatic carbocycles. The number of fused-ring (bicyclic) bond motifs is 3. The Bertz CT molecular complexity index is 949. The Morgan fingerprint density at radius 1 is 1.33 bits per heavy atom. The fourth-order valence-corrected chi connectivity index (χ4v) is 4.92. The number of benzene rings is 1. The molecular weight excluding hydrogens is 340 g/mol. The molecule has 2 aromatic heterocycles. The standard InChI is InChI=1S/C19H19ClN2OS/c1-11-5-6-15-13(8-11)17-14(18(20)21-15)9-16(24-17)19(23)22-7-3-4-12(2)10-22/h5-6,8-9,12H,3-4,7,10H2,1-2H3/t12-/m0/s1. The van der Waals surface area contributed by atoms with Crippen molar-refractivity contribution < 1.29 is 4.79 Å². The lowest BCUT2D eigenvalue weighted by Crippen LogP contribution is -2.38. The lowest BCUT2D eigenvalue weighted by atomic mass is 10.0. The van der Waals surface area contributed by atoms with Crippen LogP contribution in [0.3, 0.4) is 0 Å². The number of aryl methyl sites for hydroxylation is 1. The molecule has 0 unspecified atom stereocenters. The van der Waals surface area contributed by atoms with Crippen LogP contribution in [0.2, 0.25) is 5.15 Å². The second-order valence-corrected chi connectivity index (χ2v) is 8.19. The van der Waals surface area contributed by atoms with Crippen LogP contribution in [-0.4, -0.2) is 28.9 Å². The minimum Gasteiger partial charge on any atom is -0.338 e. The van der Waals surface area contributed by atoms with Gasteiger partial charge in [0.1, 0.15) is 5.15 Å². The average Bonchev–Trinajstić information content (AvgIpc) is 3.01. The Morgan fingerprint density at radius 2 is 2.17 bits per heavy atom. The van der Waals surface area contributed by atoms with Crippen molar-refractivity contribution >= 4 is 49.8 Å². The van der Waals surface area contributed by atoms with Crippen LogP contribution in [0.5, 0.6) is 0 Å². The molecule has 0 spiro atoms. The van der Waals surface area contributed by atoms with Crippen LogP contribution in [0.25, 0.3) is 21.0 Å². The third-order valence-corrected chi connectivity index (χ3v) is 6.17. The topological polar surface area (TPSA) is 33.2 Å². The molecule has 0 bridgehead atoms. The van der Waals surface area contributed by atoms with Gasteiger partial charge in [-0.3, -0.25) is 4.79 Å². The molecule has 24 heavy (non-hydrogen) atoms. The number of hydrogen-bond acceptors (Lipinski definition) is 3. The Labute approximate surface area is 150 Å². The van der Waals surface area contributed by atoms with Gasteiger partial charge in [-0.2, -0.15) is 0 Å². The summed E-state index contributed by atoms with van der Waals surface area (Å²) in [6.45, 7) is 5.97. The predicted octanol–water partition coefficient (Wildman–Crippen LogP) is 5.28. The molecule has 3 aromatic rings. The molecule has 0 N–H and O–H groups in total. The highest BCUT2D eigenvalue weighted by atomic mass is 35.5. The number of aromatic nitrogens is 1. The van der Waals surface area contributed by atoms with Gasteiger partial charge in [-0.1, -0.05) is 30.2 Å². The Morgan fingerprint density at radius 3 is 2.96 bits per heavy atom. The first-order valence-corrected chi connectivity index (χ1v) is 9.51. The van der Waals surface area contributed by atoms with Crippen molar-refractivity contribution in [2.45, 2.75) is 26.7 Å². The van der Waals surface area contributed by atoms with Gasteiger partial charge >= 0.3 is 0 Å². The molecule has 5 heteroatoms. The van der Waals surface area contributed by atoms with Gasteiger partial charge in [0.15, 0.2) is 0 Å². The first kappa shape index (κ1) is 15.9. The van der Waals surface area contributed by atoms with Gasteiger partial charge in [0.25, 0.3) is 5.91 Å². The van der Waals surface area contributed by atoms with Gasteiger partial charge in [-0.25, -0.2) is 4.98 Å². The number of amides is 1. The summed E-state index contributed by atoms with van der Waals surface area (Å²) in [6, 6.07) is 8.06. The summed E-state index contributed by atoms with van der Waals surface area (Å²) in [5.74, 6) is 0.699. The smallest absolute Gasteiger partial charge is 0.263 e. The maximum absolute atomic E-state index is 12.9. The van der Waals surface area contributed by atoms with Gasteiger partial charge in [0.2, 0.25) is 0 Å². The van der Waals surface area contributed by atoms with E-state index < -0.39 is 0 Å². The van der Waals surface area contributed by atoms with Crippen LogP contribution in [0, 0.1) is 12.8 Å². The largest absolute Gasteiger partial charge is 0.338 e. The van der Waals surface area contributed by atoms with E-state index in [9.17, 15) is 4.79 Å². The van der Waals surface area contributed by atoms with E-state index in [1.807, 2.05) is 23.1 Å². The summed E-state index contributed by atoms with van der Waals surface area (Å²) in [6.07, 6.45) is 2.29. The van der Waals surface area contributed by atoms with Crippen LogP contribution in [0.15, 0.2) is 24.3 Å². The van der Waals surface area contributed by atoms with E-state index >= 15 is 0 Å². The van der Waals surface area contributed by atoms with Crippen molar-refractivity contribution in [3.05, 3.63) is 39.9 Å². The number of halogens is 1. The van der Waals surface area contributed by atoms with Crippen molar-refractivity contribution in [2.75, 3.05) is 13.1 Å². The van der Waals surface area contributed by atoms with Crippen LogP contribution in [-0.2, 0) is 0 Å². The van der Waals surface area contributed by atoms with E-state index in [1.165, 1.54) is 23.3 Å². The molecule has 1 fully saturated rings. The molecule has 1 aromatic carbocycles. The lowest BCUT2D eigenvalue weighted by molar-refractivity contribution is 0.0688. The van der Waals surface area contributed by atoms with Crippen molar-refractivity contribution in [1.29, 1.82) is 0 Å². The summed E-state index contributed by atoms with van der Waals surface area (Å²) in [7, 11) is 0. The van der Waals surface area contributed by atoms with Crippen molar-refractivity contribution in [1.82, 2.24) is 9.88 Å². The monoisotopic (exact) mass is 358 g/mol. The van der Waals surface area contributed by atoms with Gasteiger partial charge in [-0.05, 0) is 43.9 Å². The van der Waals surface area contributed by atoms with E-state index in [0.717, 1.165) is 45.4 Å². The van der Waals surface area contributed by atoms with Crippen LogP contribution < -0.4 is 0 Å². The zero-order valence-corrected chi connectivity index (χ0v) is 15.4. The fraction of sp³-hybridized carbons (Fsp3) is 0.368. The van der Waals surface area contributed by atoms with Crippen molar-refractivity contribution in [3.63, 3.8) is 0 Å². The van der Waals surface area contributed by atoms with Crippen molar-refractivity contribution in [3.8, 4) is 0 Å². The Balaban J connectivity index is 1.83. The quantitative estimate of drug-likeness (QED) is 0.554. The van der Waals surface area contributed by atoms with E-state index in [-0.39, 0.29) is 5.91 Å². The van der Waals surface area contributed by atoms with Gasteiger partial charge < -0.3 is 4.90 Å². The molecule has 0 saturated carbocycles. The fourth-order valence-electron chi connectivity index (χ4n) is 3.47. The number of nitrogens with zero attached hydrogens (tertiary/aromatic N) is 2. The average molecular weight is 359 g/mol. The number of pyridine rings is 1. The van der Waals surface area contributed by atoms with Crippen LogP contribution in [0.4, 0.5) is 0 Å². The van der Waals surface area contributed by atoms with Gasteiger partial charge in [0, 0.05) is 28.6 Å². The predicted molar refractivity (Wildman–Crippen MR) is 101 cm³/mol. The molecule has 124 valence electrons. The summed E-state index contributed by atoms with van der Waals surface area (Å²) in [5, 5.41) is 2.43. The van der Waals surface area contributed by atoms with E-state index in [2.05, 4.69) is 24.9 Å². The SMILES string of the molecule is Cc1ccc2nc(Cl)c3cc(C(=O)N4CCC[C@H](C)C4)sc3c2c1. The number of hydrogen-bond donors (Lipinski definition) is 0. The van der Waals surface area contributed by atoms with Gasteiger partial charge in [0.05, 0.1) is 10.4 Å². The highest BCUT2D eigenvalue weighted by Crippen LogP contribution is 2.37. The van der Waals surface area contributed by atoms with Crippen molar-refractivity contribution in [2.24, 2.45) is 5.92 Å². The maximum Gasteiger partial charge on any atom is 0.263 e. The lowest BCUT2D eigenvalue weighted by Gasteiger charge is -2.30. The highest BCUT2D eigenvalue weighted by molar-refractivity contribution is 7.21. The third kappa shape index (κ3) is 2.68. The van der Waals surface area contributed by atoms with E-state index in [0.29, 0.717) is 11.1 Å². The number of carbonyl (C=O) groups excluding carboxylic acids is 1. The molecule has 1 saturated heterocycles. The highest BCUT2D eigenvalue weighted by Gasteiger charge is 2.24. The normalized spacial score (nSPS) is 18.5. The molecule has 1 aliphatic rings. The Kier molecular flexibility index (Phi) is 3.97. The van der Waals surface area contributed by atoms with Crippen LogP contribution in [0.1, 0.15) is 35.0 Å². The maximum atomic E-state index is 12.9. The zero-order valence-electron chi connectivity index (χ0n) is 13.8. The number of rotatable bonds is 1. The summed E-state index contributed by atoms with van der Waals surface area (Å²) in [4.78, 5) is 20.1. The second-order valence-electron chi connectivity index (χ2n) is 6.78. The van der Waals surface area contributed by atoms with Gasteiger partial charge in [-0.15, -0.1) is 11.3 Å². The summed E-state index contributed by atoms with van der Waals surface area (Å²) < 4.78 is 1.06. The molecule has 1 amide bonds. The summed E-state index contributed by atoms with van der Waals surface area (Å²) >= 11 is 7.91. The minimum absolute atomic E-state index is 0.125. The molecule has 0 radical (unpaired) electrons. The zero-order chi connectivity index (χ0) is 16.8. The number of thiophene rings is 1. The number of carbonyl (C=O) groups is 1. The first-order valence-electron chi connectivity index (χ1n) is 8.31. The van der Waals surface area contributed by atoms with E-state index in [4.69, 9.17) is 11.6 Å². The number of piperidine rings is 1. The number of likely N-dealkylation sites (tertiary alicyclic amines) is 1. The van der Waals surface area contributed by atoms with Crippen LogP contribution >= 0.6 is 22.9 Å².